The minimum Gasteiger partial charge on any atom is -0.477 e. The van der Waals surface area contributed by atoms with Crippen LogP contribution in [0.1, 0.15) is 25.3 Å². The largest absolute Gasteiger partial charge is 0.477 e. The molecule has 4 atom stereocenters. The van der Waals surface area contributed by atoms with E-state index in [2.05, 4.69) is 5.16 Å². The Balaban J connectivity index is 1.59. The Morgan fingerprint density at radius 1 is 1.32 bits per heavy atom. The molecule has 1 fully saturated rings. The summed E-state index contributed by atoms with van der Waals surface area (Å²) in [5.74, 6) is -2.04. The lowest BCUT2D eigenvalue weighted by atomic mass is 9.82. The van der Waals surface area contributed by atoms with Crippen molar-refractivity contribution in [2.45, 2.75) is 38.0 Å². The second-order valence-electron chi connectivity index (χ2n) is 6.63. The summed E-state index contributed by atoms with van der Waals surface area (Å²) >= 11 is 0. The van der Waals surface area contributed by atoms with Crippen LogP contribution in [0.25, 0.3) is 0 Å². The molecular formula is C18H18N2O5. The Hall–Kier alpha value is -2.67. The van der Waals surface area contributed by atoms with Gasteiger partial charge in [-0.05, 0) is 18.9 Å². The van der Waals surface area contributed by atoms with E-state index in [1.54, 1.807) is 6.92 Å². The molecule has 0 saturated carbocycles. The molecule has 0 aliphatic carbocycles. The van der Waals surface area contributed by atoms with Gasteiger partial charge in [-0.1, -0.05) is 35.5 Å². The van der Waals surface area contributed by atoms with E-state index in [0.717, 1.165) is 11.3 Å². The molecule has 1 saturated heterocycles. The third-order valence-corrected chi connectivity index (χ3v) is 5.13. The van der Waals surface area contributed by atoms with Crippen molar-refractivity contribution in [3.63, 3.8) is 0 Å². The average Bonchev–Trinajstić information content (AvgIpc) is 3.17. The molecule has 7 nitrogen and oxygen atoms in total. The molecular weight excluding hydrogens is 324 g/mol. The van der Waals surface area contributed by atoms with E-state index in [9.17, 15) is 19.8 Å². The molecule has 0 unspecified atom stereocenters. The number of rotatable bonds is 4. The number of aliphatic hydroxyl groups excluding tert-OH is 1. The second-order valence-corrected chi connectivity index (χ2v) is 6.63. The minimum atomic E-state index is -1.15. The number of carboxylic acids is 1. The zero-order valence-electron chi connectivity index (χ0n) is 13.6. The summed E-state index contributed by atoms with van der Waals surface area (Å²) in [5, 5.41) is 23.5. The first-order valence-electron chi connectivity index (χ1n) is 8.24. The standard InChI is InChI=1S/C18H18N2O5/c1-9(21)15-13-7-11(16(18(23)24)20(13)17(15)22)14-8-12(19-25-14)10-5-3-2-4-6-10/h2-6,9,13-15,21H,7-8H2,1H3,(H,23,24)/t9-,13-,14+,15-/m1/s1. The van der Waals surface area contributed by atoms with Crippen molar-refractivity contribution in [1.82, 2.24) is 4.90 Å². The Morgan fingerprint density at radius 3 is 2.68 bits per heavy atom. The molecule has 0 spiro atoms. The van der Waals surface area contributed by atoms with Gasteiger partial charge in [0.05, 0.1) is 23.8 Å². The van der Waals surface area contributed by atoms with Crippen molar-refractivity contribution in [3.05, 3.63) is 47.2 Å². The van der Waals surface area contributed by atoms with Gasteiger partial charge in [-0.15, -0.1) is 0 Å². The number of carbonyl (C=O) groups excluding carboxylic acids is 1. The van der Waals surface area contributed by atoms with Gasteiger partial charge in [-0.25, -0.2) is 4.79 Å². The van der Waals surface area contributed by atoms with Gasteiger partial charge in [-0.2, -0.15) is 0 Å². The van der Waals surface area contributed by atoms with Gasteiger partial charge in [0, 0.05) is 12.0 Å². The van der Waals surface area contributed by atoms with Crippen molar-refractivity contribution < 1.29 is 24.6 Å². The first kappa shape index (κ1) is 15.8. The van der Waals surface area contributed by atoms with Gasteiger partial charge in [0.15, 0.2) is 6.10 Å². The lowest BCUT2D eigenvalue weighted by Crippen LogP contribution is -2.61. The van der Waals surface area contributed by atoms with Crippen LogP contribution >= 0.6 is 0 Å². The summed E-state index contributed by atoms with van der Waals surface area (Å²) in [6, 6.07) is 9.25. The molecule has 0 radical (unpaired) electrons. The maximum atomic E-state index is 12.2. The topological polar surface area (TPSA) is 99.4 Å². The van der Waals surface area contributed by atoms with Gasteiger partial charge in [0.1, 0.15) is 5.70 Å². The average molecular weight is 342 g/mol. The molecule has 3 aliphatic rings. The van der Waals surface area contributed by atoms with E-state index in [1.165, 1.54) is 4.90 Å². The van der Waals surface area contributed by atoms with Crippen LogP contribution in [0.5, 0.6) is 0 Å². The van der Waals surface area contributed by atoms with Crippen LogP contribution in [0.15, 0.2) is 46.8 Å². The fourth-order valence-electron chi connectivity index (χ4n) is 3.96. The number of β-lactam (4-membered cyclic amide) rings is 1. The molecule has 3 heterocycles. The van der Waals surface area contributed by atoms with Crippen LogP contribution in [0, 0.1) is 5.92 Å². The van der Waals surface area contributed by atoms with Gasteiger partial charge in [0.25, 0.3) is 0 Å². The minimum absolute atomic E-state index is 0.0126. The maximum absolute atomic E-state index is 12.2. The smallest absolute Gasteiger partial charge is 0.352 e. The summed E-state index contributed by atoms with van der Waals surface area (Å²) < 4.78 is 0. The predicted octanol–water partition coefficient (Wildman–Crippen LogP) is 1.13. The van der Waals surface area contributed by atoms with Crippen molar-refractivity contribution in [2.75, 3.05) is 0 Å². The van der Waals surface area contributed by atoms with Crippen LogP contribution < -0.4 is 0 Å². The van der Waals surface area contributed by atoms with Crippen LogP contribution in [0.4, 0.5) is 0 Å². The molecule has 1 aromatic rings. The van der Waals surface area contributed by atoms with E-state index >= 15 is 0 Å². The third kappa shape index (κ3) is 2.34. The quantitative estimate of drug-likeness (QED) is 0.799. The van der Waals surface area contributed by atoms with E-state index in [0.29, 0.717) is 18.4 Å². The molecule has 2 N–H and O–H groups in total. The zero-order valence-corrected chi connectivity index (χ0v) is 13.6. The van der Waals surface area contributed by atoms with Gasteiger partial charge < -0.3 is 20.0 Å². The number of nitrogens with zero attached hydrogens (tertiary/aromatic N) is 2. The Kier molecular flexibility index (Phi) is 3.61. The highest BCUT2D eigenvalue weighted by Gasteiger charge is 2.58. The number of aliphatic carboxylic acids is 1. The molecule has 0 bridgehead atoms. The summed E-state index contributed by atoms with van der Waals surface area (Å²) in [4.78, 5) is 30.8. The fourth-order valence-corrected chi connectivity index (χ4v) is 3.96. The van der Waals surface area contributed by atoms with Crippen molar-refractivity contribution in [2.24, 2.45) is 11.1 Å². The molecule has 4 rings (SSSR count). The maximum Gasteiger partial charge on any atom is 0.352 e. The number of amides is 1. The van der Waals surface area contributed by atoms with Crippen molar-refractivity contribution in [3.8, 4) is 0 Å². The van der Waals surface area contributed by atoms with E-state index in [1.807, 2.05) is 30.3 Å². The van der Waals surface area contributed by atoms with Crippen molar-refractivity contribution in [1.29, 1.82) is 0 Å². The van der Waals surface area contributed by atoms with Crippen LogP contribution in [-0.4, -0.2) is 51.0 Å². The first-order chi connectivity index (χ1) is 12.0. The molecule has 3 aliphatic heterocycles. The van der Waals surface area contributed by atoms with Crippen LogP contribution in [0.2, 0.25) is 0 Å². The summed E-state index contributed by atoms with van der Waals surface area (Å²) in [6.45, 7) is 1.56. The zero-order chi connectivity index (χ0) is 17.7. The highest BCUT2D eigenvalue weighted by atomic mass is 16.6. The predicted molar refractivity (Wildman–Crippen MR) is 87.6 cm³/mol. The highest BCUT2D eigenvalue weighted by molar-refractivity contribution is 6.03. The number of carbonyl (C=O) groups is 2. The summed E-state index contributed by atoms with van der Waals surface area (Å²) in [5.41, 5.74) is 2.25. The Bertz CT molecular complexity index is 799. The SMILES string of the molecule is C[C@@H](O)[C@H]1C(=O)N2C(C(=O)O)=C([C@@H]3CC(c4ccccc4)=NO3)C[C@H]12. The van der Waals surface area contributed by atoms with E-state index in [4.69, 9.17) is 4.84 Å². The van der Waals surface area contributed by atoms with Crippen molar-refractivity contribution >= 4 is 17.6 Å². The van der Waals surface area contributed by atoms with Gasteiger partial charge in [-0.3, -0.25) is 4.79 Å². The number of benzene rings is 1. The van der Waals surface area contributed by atoms with E-state index in [-0.39, 0.29) is 17.6 Å². The normalized spacial score (nSPS) is 29.0. The molecule has 1 aromatic carbocycles. The number of hydrogen-bond acceptors (Lipinski definition) is 5. The van der Waals surface area contributed by atoms with Crippen LogP contribution in [-0.2, 0) is 14.4 Å². The third-order valence-electron chi connectivity index (χ3n) is 5.13. The summed E-state index contributed by atoms with van der Waals surface area (Å²) in [7, 11) is 0. The lowest BCUT2D eigenvalue weighted by Gasteiger charge is -2.44. The number of aliphatic hydroxyl groups is 1. The Labute approximate surface area is 144 Å². The lowest BCUT2D eigenvalue weighted by molar-refractivity contribution is -0.161. The summed E-state index contributed by atoms with van der Waals surface area (Å²) in [6.07, 6.45) is -0.437. The van der Waals surface area contributed by atoms with Crippen LogP contribution in [0.3, 0.4) is 0 Å². The second kappa shape index (κ2) is 5.70. The highest BCUT2D eigenvalue weighted by Crippen LogP contribution is 2.46. The monoisotopic (exact) mass is 342 g/mol. The molecule has 0 aromatic heterocycles. The number of hydrogen-bond donors (Lipinski definition) is 2. The van der Waals surface area contributed by atoms with Gasteiger partial charge in [0.2, 0.25) is 5.91 Å². The number of oxime groups is 1. The molecule has 1 amide bonds. The van der Waals surface area contributed by atoms with E-state index < -0.39 is 24.1 Å². The molecule has 7 heteroatoms. The molecule has 25 heavy (non-hydrogen) atoms. The number of fused-ring (bicyclic) bond motifs is 1. The fraction of sp³-hybridized carbons (Fsp3) is 0.389. The Morgan fingerprint density at radius 2 is 2.04 bits per heavy atom. The van der Waals surface area contributed by atoms with Gasteiger partial charge >= 0.3 is 5.97 Å². The molecule has 130 valence electrons. The first-order valence-corrected chi connectivity index (χ1v) is 8.24. The number of carboxylic acid groups (broad SMARTS) is 1.